The van der Waals surface area contributed by atoms with E-state index in [0.717, 1.165) is 17.9 Å². The molecule has 78 valence electrons. The quantitative estimate of drug-likeness (QED) is 0.720. The summed E-state index contributed by atoms with van der Waals surface area (Å²) in [6.45, 7) is 2.84. The van der Waals surface area contributed by atoms with Crippen LogP contribution in [0.4, 0.5) is 0 Å². The average Bonchev–Trinajstić information content (AvgIpc) is 2.61. The van der Waals surface area contributed by atoms with E-state index in [1.807, 2.05) is 11.8 Å². The number of hydrogen-bond donors (Lipinski definition) is 1. The van der Waals surface area contributed by atoms with Crippen molar-refractivity contribution >= 4 is 17.7 Å². The predicted octanol–water partition coefficient (Wildman–Crippen LogP) is 1.12. The Morgan fingerprint density at radius 1 is 1.64 bits per heavy atom. The van der Waals surface area contributed by atoms with Crippen molar-refractivity contribution in [1.29, 1.82) is 0 Å². The zero-order chi connectivity index (χ0) is 10.4. The minimum Gasteiger partial charge on any atom is -0.476 e. The molecule has 0 aliphatic rings. The second kappa shape index (κ2) is 5.64. The summed E-state index contributed by atoms with van der Waals surface area (Å²) in [6, 6.07) is 0. The Labute approximate surface area is 86.5 Å². The van der Waals surface area contributed by atoms with Crippen molar-refractivity contribution < 1.29 is 9.90 Å². The monoisotopic (exact) mass is 215 g/mol. The van der Waals surface area contributed by atoms with E-state index in [2.05, 4.69) is 17.2 Å². The lowest BCUT2D eigenvalue weighted by Crippen LogP contribution is -2.01. The van der Waals surface area contributed by atoms with Gasteiger partial charge in [-0.05, 0) is 12.2 Å². The van der Waals surface area contributed by atoms with E-state index < -0.39 is 5.97 Å². The van der Waals surface area contributed by atoms with Crippen LogP contribution in [-0.4, -0.2) is 37.6 Å². The van der Waals surface area contributed by atoms with Gasteiger partial charge in [-0.2, -0.15) is 11.8 Å². The molecule has 0 fully saturated rings. The van der Waals surface area contributed by atoms with Crippen LogP contribution < -0.4 is 0 Å². The van der Waals surface area contributed by atoms with Crippen LogP contribution in [0.25, 0.3) is 0 Å². The summed E-state index contributed by atoms with van der Waals surface area (Å²) < 4.78 is 1.56. The first kappa shape index (κ1) is 11.0. The fraction of sp³-hybridized carbons (Fsp3) is 0.625. The Balaban J connectivity index is 2.33. The van der Waals surface area contributed by atoms with Crippen LogP contribution in [-0.2, 0) is 6.54 Å². The van der Waals surface area contributed by atoms with Crippen molar-refractivity contribution in [3.05, 3.63) is 11.9 Å². The molecule has 1 aromatic rings. The molecular weight excluding hydrogens is 202 g/mol. The second-order valence-electron chi connectivity index (χ2n) is 2.78. The Bertz CT molecular complexity index is 301. The van der Waals surface area contributed by atoms with Gasteiger partial charge in [0.05, 0.1) is 12.7 Å². The molecular formula is C8H13N3O2S. The summed E-state index contributed by atoms with van der Waals surface area (Å²) in [7, 11) is 0. The van der Waals surface area contributed by atoms with Gasteiger partial charge in [-0.1, -0.05) is 12.1 Å². The van der Waals surface area contributed by atoms with Crippen LogP contribution in [0.5, 0.6) is 0 Å². The van der Waals surface area contributed by atoms with Crippen LogP contribution >= 0.6 is 11.8 Å². The Morgan fingerprint density at radius 3 is 3.00 bits per heavy atom. The third-order valence-electron chi connectivity index (χ3n) is 1.57. The van der Waals surface area contributed by atoms with Crippen molar-refractivity contribution in [2.24, 2.45) is 0 Å². The molecule has 0 saturated carbocycles. The maximum absolute atomic E-state index is 10.5. The van der Waals surface area contributed by atoms with Crippen LogP contribution in [0, 0.1) is 0 Å². The Morgan fingerprint density at radius 2 is 2.43 bits per heavy atom. The van der Waals surface area contributed by atoms with Gasteiger partial charge < -0.3 is 5.11 Å². The summed E-state index contributed by atoms with van der Waals surface area (Å²) in [6.07, 6.45) is 2.61. The fourth-order valence-corrected chi connectivity index (χ4v) is 1.72. The van der Waals surface area contributed by atoms with Gasteiger partial charge in [0.15, 0.2) is 5.69 Å². The number of carboxylic acid groups (broad SMARTS) is 1. The number of aryl methyl sites for hydroxylation is 1. The summed E-state index contributed by atoms with van der Waals surface area (Å²) >= 11 is 1.83. The van der Waals surface area contributed by atoms with E-state index in [1.165, 1.54) is 6.20 Å². The van der Waals surface area contributed by atoms with Gasteiger partial charge in [-0.25, -0.2) is 4.79 Å². The standard InChI is InChI=1S/C8H13N3O2S/c1-2-4-14-5-3-11-6-7(8(12)13)9-10-11/h6H,2-5H2,1H3,(H,12,13). The van der Waals surface area contributed by atoms with E-state index in [9.17, 15) is 4.79 Å². The first-order valence-corrected chi connectivity index (χ1v) is 5.60. The first-order chi connectivity index (χ1) is 6.74. The van der Waals surface area contributed by atoms with E-state index in [4.69, 9.17) is 5.11 Å². The van der Waals surface area contributed by atoms with E-state index >= 15 is 0 Å². The molecule has 0 saturated heterocycles. The molecule has 0 atom stereocenters. The number of carbonyl (C=O) groups is 1. The first-order valence-electron chi connectivity index (χ1n) is 4.45. The number of aromatic nitrogens is 3. The molecule has 0 aromatic carbocycles. The molecule has 0 bridgehead atoms. The van der Waals surface area contributed by atoms with Gasteiger partial charge in [0.1, 0.15) is 0 Å². The Hall–Kier alpha value is -1.04. The number of hydrogen-bond acceptors (Lipinski definition) is 4. The largest absolute Gasteiger partial charge is 0.476 e. The molecule has 1 N–H and O–H groups in total. The number of thioether (sulfide) groups is 1. The second-order valence-corrected chi connectivity index (χ2v) is 4.01. The zero-order valence-corrected chi connectivity index (χ0v) is 8.83. The summed E-state index contributed by atoms with van der Waals surface area (Å²) in [5.74, 6) is 1.04. The minimum absolute atomic E-state index is 0.00508. The van der Waals surface area contributed by atoms with Crippen molar-refractivity contribution in [1.82, 2.24) is 15.0 Å². The topological polar surface area (TPSA) is 68.0 Å². The van der Waals surface area contributed by atoms with Gasteiger partial charge in [-0.3, -0.25) is 4.68 Å². The molecule has 1 heterocycles. The van der Waals surface area contributed by atoms with E-state index in [1.54, 1.807) is 4.68 Å². The highest BCUT2D eigenvalue weighted by Gasteiger charge is 2.07. The van der Waals surface area contributed by atoms with Gasteiger partial charge in [0.25, 0.3) is 0 Å². The van der Waals surface area contributed by atoms with Crippen LogP contribution in [0.15, 0.2) is 6.20 Å². The highest BCUT2D eigenvalue weighted by Crippen LogP contribution is 2.03. The van der Waals surface area contributed by atoms with Crippen LogP contribution in [0.1, 0.15) is 23.8 Å². The zero-order valence-electron chi connectivity index (χ0n) is 8.01. The van der Waals surface area contributed by atoms with Crippen molar-refractivity contribution in [3.63, 3.8) is 0 Å². The maximum atomic E-state index is 10.5. The van der Waals surface area contributed by atoms with E-state index in [0.29, 0.717) is 6.54 Å². The third-order valence-corrected chi connectivity index (χ3v) is 2.74. The molecule has 0 spiro atoms. The highest BCUT2D eigenvalue weighted by atomic mass is 32.2. The minimum atomic E-state index is -1.03. The summed E-state index contributed by atoms with van der Waals surface area (Å²) in [5, 5.41) is 15.8. The highest BCUT2D eigenvalue weighted by molar-refractivity contribution is 7.99. The lowest BCUT2D eigenvalue weighted by molar-refractivity contribution is 0.0690. The molecule has 0 amide bonds. The Kier molecular flexibility index (Phi) is 4.45. The molecule has 5 nitrogen and oxygen atoms in total. The summed E-state index contributed by atoms with van der Waals surface area (Å²) in [4.78, 5) is 10.5. The predicted molar refractivity (Wildman–Crippen MR) is 54.6 cm³/mol. The fourth-order valence-electron chi connectivity index (χ4n) is 0.910. The SMILES string of the molecule is CCCSCCn1cc(C(=O)O)nn1. The maximum Gasteiger partial charge on any atom is 0.358 e. The molecule has 0 radical (unpaired) electrons. The van der Waals surface area contributed by atoms with Crippen LogP contribution in [0.3, 0.4) is 0 Å². The van der Waals surface area contributed by atoms with Gasteiger partial charge in [-0.15, -0.1) is 5.10 Å². The molecule has 0 unspecified atom stereocenters. The molecule has 0 aliphatic carbocycles. The molecule has 0 aliphatic heterocycles. The smallest absolute Gasteiger partial charge is 0.358 e. The molecule has 1 aromatic heterocycles. The summed E-state index contributed by atoms with van der Waals surface area (Å²) in [5.41, 5.74) is 0.00508. The number of carboxylic acids is 1. The molecule has 6 heteroatoms. The number of nitrogens with zero attached hydrogens (tertiary/aromatic N) is 3. The third kappa shape index (κ3) is 3.37. The van der Waals surface area contributed by atoms with Crippen molar-refractivity contribution in [2.75, 3.05) is 11.5 Å². The average molecular weight is 215 g/mol. The van der Waals surface area contributed by atoms with Gasteiger partial charge in [0.2, 0.25) is 0 Å². The molecule has 1 rings (SSSR count). The molecule has 14 heavy (non-hydrogen) atoms. The van der Waals surface area contributed by atoms with Gasteiger partial charge in [0, 0.05) is 5.75 Å². The lowest BCUT2D eigenvalue weighted by Gasteiger charge is -1.98. The number of rotatable bonds is 6. The number of aromatic carboxylic acids is 1. The van der Waals surface area contributed by atoms with E-state index in [-0.39, 0.29) is 5.69 Å². The van der Waals surface area contributed by atoms with Crippen LogP contribution in [0.2, 0.25) is 0 Å². The normalized spacial score (nSPS) is 10.4. The lowest BCUT2D eigenvalue weighted by atomic mass is 10.5. The van der Waals surface area contributed by atoms with Crippen molar-refractivity contribution in [2.45, 2.75) is 19.9 Å². The van der Waals surface area contributed by atoms with Crippen molar-refractivity contribution in [3.8, 4) is 0 Å². The van der Waals surface area contributed by atoms with Gasteiger partial charge >= 0.3 is 5.97 Å².